The van der Waals surface area contributed by atoms with E-state index in [1.807, 2.05) is 6.07 Å². The molecule has 0 unspecified atom stereocenters. The van der Waals surface area contributed by atoms with Crippen LogP contribution in [0.2, 0.25) is 0 Å². The van der Waals surface area contributed by atoms with E-state index in [9.17, 15) is 0 Å². The van der Waals surface area contributed by atoms with Gasteiger partial charge in [0, 0.05) is 27.6 Å². The fraction of sp³-hybridized carbons (Fsp3) is 0.0741. The van der Waals surface area contributed by atoms with E-state index in [4.69, 9.17) is 9.47 Å². The molecule has 12 rings (SSSR count). The van der Waals surface area contributed by atoms with Gasteiger partial charge in [-0.2, -0.15) is 0 Å². The Morgan fingerprint density at radius 2 is 1.11 bits per heavy atom. The summed E-state index contributed by atoms with van der Waals surface area (Å²) in [5, 5.41) is 10.1. The van der Waals surface area contributed by atoms with Gasteiger partial charge in [0.2, 0.25) is 6.79 Å². The molecule has 0 N–H and O–H groups in total. The number of benzene rings is 10. The predicted molar refractivity (Wildman–Crippen MR) is 237 cm³/mol. The fourth-order valence-electron chi connectivity index (χ4n) is 9.95. The molecule has 1 aliphatic heterocycles. The molecule has 1 heterocycles. The standard InChI is InChI=1S/C54H37NO2/c1-54(2)45-22-7-6-17-38(45)43-30-44(41-20-11-23-49-53(41)57-32-56-49)48(31-46(43)54)55(37-27-24-34(25-28-37)33-12-4-3-5-13-33)47-29-26-36-16-9-19-40-39-18-8-14-35-15-10-21-42(50(35)39)52(47)51(36)40/h3-31H,32H2,1-2H3. The van der Waals surface area contributed by atoms with Crippen molar-refractivity contribution >= 4 is 60.2 Å². The van der Waals surface area contributed by atoms with Crippen LogP contribution in [-0.2, 0) is 5.41 Å². The first-order valence-electron chi connectivity index (χ1n) is 19.8. The summed E-state index contributed by atoms with van der Waals surface area (Å²) < 4.78 is 12.3. The smallest absolute Gasteiger partial charge is 0.231 e. The minimum Gasteiger partial charge on any atom is -0.454 e. The third-order valence-electron chi connectivity index (χ3n) is 12.6. The number of para-hydroxylation sites is 1. The first-order chi connectivity index (χ1) is 28.0. The van der Waals surface area contributed by atoms with E-state index in [1.54, 1.807) is 0 Å². The molecule has 270 valence electrons. The topological polar surface area (TPSA) is 21.7 Å². The van der Waals surface area contributed by atoms with Crippen molar-refractivity contribution in [2.24, 2.45) is 0 Å². The van der Waals surface area contributed by atoms with Gasteiger partial charge in [-0.05, 0) is 107 Å². The molecule has 0 spiro atoms. The molecule has 0 radical (unpaired) electrons. The van der Waals surface area contributed by atoms with Crippen molar-refractivity contribution in [1.29, 1.82) is 0 Å². The molecule has 0 atom stereocenters. The van der Waals surface area contributed by atoms with Crippen molar-refractivity contribution in [3.8, 4) is 44.9 Å². The van der Waals surface area contributed by atoms with Crippen LogP contribution in [0.25, 0.3) is 76.5 Å². The molecule has 10 aromatic carbocycles. The van der Waals surface area contributed by atoms with Crippen molar-refractivity contribution in [1.82, 2.24) is 0 Å². The van der Waals surface area contributed by atoms with Gasteiger partial charge in [0.25, 0.3) is 0 Å². The molecule has 3 nitrogen and oxygen atoms in total. The summed E-state index contributed by atoms with van der Waals surface area (Å²) in [5.41, 5.74) is 12.7. The third kappa shape index (κ3) is 4.60. The zero-order chi connectivity index (χ0) is 37.8. The average Bonchev–Trinajstić information content (AvgIpc) is 3.83. The van der Waals surface area contributed by atoms with Gasteiger partial charge in [-0.1, -0.05) is 153 Å². The zero-order valence-corrected chi connectivity index (χ0v) is 31.7. The van der Waals surface area contributed by atoms with E-state index in [0.29, 0.717) is 0 Å². The Balaban J connectivity index is 1.23. The first-order valence-corrected chi connectivity index (χ1v) is 19.8. The zero-order valence-electron chi connectivity index (χ0n) is 31.7. The van der Waals surface area contributed by atoms with Crippen LogP contribution in [0, 0.1) is 0 Å². The molecular weight excluding hydrogens is 695 g/mol. The van der Waals surface area contributed by atoms with E-state index in [1.165, 1.54) is 76.5 Å². The molecular formula is C54H37NO2. The summed E-state index contributed by atoms with van der Waals surface area (Å²) in [6, 6.07) is 64.6. The van der Waals surface area contributed by atoms with E-state index in [2.05, 4.69) is 189 Å². The van der Waals surface area contributed by atoms with Crippen molar-refractivity contribution in [3.63, 3.8) is 0 Å². The Morgan fingerprint density at radius 3 is 1.91 bits per heavy atom. The summed E-state index contributed by atoms with van der Waals surface area (Å²) >= 11 is 0. The lowest BCUT2D eigenvalue weighted by Crippen LogP contribution is -2.17. The van der Waals surface area contributed by atoms with Crippen LogP contribution >= 0.6 is 0 Å². The van der Waals surface area contributed by atoms with Gasteiger partial charge in [0.1, 0.15) is 0 Å². The Labute approximate surface area is 331 Å². The first kappa shape index (κ1) is 32.2. The van der Waals surface area contributed by atoms with E-state index >= 15 is 0 Å². The van der Waals surface area contributed by atoms with Gasteiger partial charge in [-0.25, -0.2) is 0 Å². The monoisotopic (exact) mass is 731 g/mol. The highest BCUT2D eigenvalue weighted by atomic mass is 16.7. The summed E-state index contributed by atoms with van der Waals surface area (Å²) in [5.74, 6) is 1.55. The summed E-state index contributed by atoms with van der Waals surface area (Å²) in [6.45, 7) is 4.93. The molecule has 2 aliphatic rings. The van der Waals surface area contributed by atoms with Crippen molar-refractivity contribution in [3.05, 3.63) is 187 Å². The maximum absolute atomic E-state index is 6.29. The number of ether oxygens (including phenoxy) is 2. The molecule has 0 saturated carbocycles. The lowest BCUT2D eigenvalue weighted by atomic mass is 9.81. The average molecular weight is 732 g/mol. The predicted octanol–water partition coefficient (Wildman–Crippen LogP) is 14.6. The van der Waals surface area contributed by atoms with Gasteiger partial charge in [0.05, 0.1) is 11.4 Å². The van der Waals surface area contributed by atoms with E-state index < -0.39 is 0 Å². The fourth-order valence-corrected chi connectivity index (χ4v) is 9.95. The summed E-state index contributed by atoms with van der Waals surface area (Å²) in [6.07, 6.45) is 0. The minimum atomic E-state index is -0.213. The lowest BCUT2D eigenvalue weighted by molar-refractivity contribution is 0.174. The Kier molecular flexibility index (Phi) is 6.74. The number of hydrogen-bond acceptors (Lipinski definition) is 3. The van der Waals surface area contributed by atoms with Crippen LogP contribution in [0.15, 0.2) is 176 Å². The maximum atomic E-state index is 6.29. The van der Waals surface area contributed by atoms with E-state index in [0.717, 1.165) is 39.7 Å². The largest absolute Gasteiger partial charge is 0.454 e. The van der Waals surface area contributed by atoms with Gasteiger partial charge in [-0.15, -0.1) is 0 Å². The van der Waals surface area contributed by atoms with Gasteiger partial charge in [0.15, 0.2) is 11.5 Å². The number of fused-ring (bicyclic) bond motifs is 6. The van der Waals surface area contributed by atoms with Crippen LogP contribution in [0.5, 0.6) is 11.5 Å². The molecule has 0 bridgehead atoms. The highest BCUT2D eigenvalue weighted by molar-refractivity contribution is 6.35. The molecule has 0 saturated heterocycles. The number of anilines is 3. The highest BCUT2D eigenvalue weighted by Crippen LogP contribution is 2.56. The van der Waals surface area contributed by atoms with Crippen LogP contribution in [0.1, 0.15) is 25.0 Å². The molecule has 1 aliphatic carbocycles. The molecule has 10 aromatic rings. The molecule has 0 aromatic heterocycles. The molecule has 0 fully saturated rings. The minimum absolute atomic E-state index is 0.203. The highest BCUT2D eigenvalue weighted by Gasteiger charge is 2.38. The second-order valence-electron chi connectivity index (χ2n) is 15.9. The van der Waals surface area contributed by atoms with Crippen molar-refractivity contribution < 1.29 is 9.47 Å². The maximum Gasteiger partial charge on any atom is 0.231 e. The van der Waals surface area contributed by atoms with E-state index in [-0.39, 0.29) is 12.2 Å². The number of rotatable bonds is 5. The molecule has 57 heavy (non-hydrogen) atoms. The normalized spacial score (nSPS) is 13.8. The summed E-state index contributed by atoms with van der Waals surface area (Å²) in [7, 11) is 0. The molecule has 3 heteroatoms. The molecule has 0 amide bonds. The van der Waals surface area contributed by atoms with Gasteiger partial charge >= 0.3 is 0 Å². The summed E-state index contributed by atoms with van der Waals surface area (Å²) in [4.78, 5) is 2.51. The quantitative estimate of drug-likeness (QED) is 0.130. The van der Waals surface area contributed by atoms with Gasteiger partial charge < -0.3 is 14.4 Å². The number of nitrogens with zero attached hydrogens (tertiary/aromatic N) is 1. The van der Waals surface area contributed by atoms with Crippen molar-refractivity contribution in [2.45, 2.75) is 19.3 Å². The Morgan fingerprint density at radius 1 is 0.439 bits per heavy atom. The second kappa shape index (κ2) is 11.9. The number of hydrogen-bond donors (Lipinski definition) is 0. The Bertz CT molecular complexity index is 3230. The van der Waals surface area contributed by atoms with Crippen LogP contribution < -0.4 is 14.4 Å². The van der Waals surface area contributed by atoms with Gasteiger partial charge in [-0.3, -0.25) is 0 Å². The lowest BCUT2D eigenvalue weighted by Gasteiger charge is -2.32. The van der Waals surface area contributed by atoms with Crippen LogP contribution in [0.4, 0.5) is 17.1 Å². The second-order valence-corrected chi connectivity index (χ2v) is 15.9. The van der Waals surface area contributed by atoms with Crippen LogP contribution in [0.3, 0.4) is 0 Å². The Hall–Kier alpha value is -7.10. The third-order valence-corrected chi connectivity index (χ3v) is 12.6. The van der Waals surface area contributed by atoms with Crippen LogP contribution in [-0.4, -0.2) is 6.79 Å². The SMILES string of the molecule is CC1(C)c2ccccc2-c2cc(-c3cccc4c3OCO4)c(N(c3ccc(-c4ccccc4)cc3)c3ccc4cccc5c6cccc7cccc(c3c45)c76)cc21. The van der Waals surface area contributed by atoms with Crippen molar-refractivity contribution in [2.75, 3.05) is 11.7 Å².